The topological polar surface area (TPSA) is 34.4 Å². The molecule has 2 aromatic heterocycles. The number of aromatic nitrogens is 2. The SMILES string of the molecule is CC1(C)CCCC(C)(C)N1.CC[Si](CC)(CC)ON1C(C)(C)CCCC1(C)C.CC[Si](CC)(CC)c1cc2ccccc2n1C.Cn1ccc2ccccc21.I.II. The van der Waals surface area contributed by atoms with E-state index in [-0.39, 0.29) is 35.1 Å². The molecule has 2 saturated heterocycles. The second kappa shape index (κ2) is 24.8. The highest BCUT2D eigenvalue weighted by Gasteiger charge is 2.46. The second-order valence-corrected chi connectivity index (χ2v) is 29.2. The summed E-state index contributed by atoms with van der Waals surface area (Å²) < 4.78 is 11.3. The van der Waals surface area contributed by atoms with E-state index in [1.165, 1.54) is 96.6 Å². The maximum Gasteiger partial charge on any atom is 0.220 e. The average Bonchev–Trinajstić information content (AvgIpc) is 3.73. The highest BCUT2D eigenvalue weighted by atomic mass is 128. The summed E-state index contributed by atoms with van der Waals surface area (Å²) >= 11 is 4.24. The molecule has 0 radical (unpaired) electrons. The zero-order chi connectivity index (χ0) is 43.3. The molecule has 6 rings (SSSR count). The molecule has 58 heavy (non-hydrogen) atoms. The number of piperidine rings is 2. The van der Waals surface area contributed by atoms with Gasteiger partial charge in [0.2, 0.25) is 8.32 Å². The standard InChI is InChI=1S/C15H33NOSi.C15H23NSi.C9H9N.C9H19N.I2.HI/c1-8-18(9-2,10-3)17-16-14(4,5)12-11-13-15(16,6)7;1-5-17(6-2,7-3)15-12-13-10-8-9-11-14(13)16(15)4;1-10-7-6-8-4-2-3-5-9(8)10;1-8(2)6-5-7-9(3,4)10-8;1-2;/h8-13H2,1-7H3;8-12H,5-7H2,1-4H3;2-7H,1H3;10H,5-7H2,1-4H3;;1H. The molecule has 0 spiro atoms. The molecule has 0 atom stereocenters. The van der Waals surface area contributed by atoms with Crippen LogP contribution in [0.25, 0.3) is 21.8 Å². The van der Waals surface area contributed by atoms with E-state index >= 15 is 0 Å². The van der Waals surface area contributed by atoms with Crippen molar-refractivity contribution in [3.63, 3.8) is 0 Å². The van der Waals surface area contributed by atoms with Gasteiger partial charge in [0.15, 0.2) is 0 Å². The number of fused-ring (bicyclic) bond motifs is 2. The van der Waals surface area contributed by atoms with Gasteiger partial charge in [-0.05, 0) is 147 Å². The van der Waals surface area contributed by atoms with Crippen molar-refractivity contribution in [1.29, 1.82) is 0 Å². The first-order valence-corrected chi connectivity index (χ1v) is 33.6. The molecule has 10 heteroatoms. The summed E-state index contributed by atoms with van der Waals surface area (Å²) in [5.41, 5.74) is 3.76. The number of nitrogens with zero attached hydrogens (tertiary/aromatic N) is 3. The highest BCUT2D eigenvalue weighted by molar-refractivity contribution is 15.0. The van der Waals surface area contributed by atoms with Crippen molar-refractivity contribution >= 4 is 105 Å². The lowest BCUT2D eigenvalue weighted by Crippen LogP contribution is -2.62. The summed E-state index contributed by atoms with van der Waals surface area (Å²) in [5, 5.41) is 10.4. The molecule has 5 nitrogen and oxygen atoms in total. The van der Waals surface area contributed by atoms with Gasteiger partial charge in [-0.1, -0.05) is 96.1 Å². The van der Waals surface area contributed by atoms with Gasteiger partial charge < -0.3 is 19.0 Å². The summed E-state index contributed by atoms with van der Waals surface area (Å²) in [5.74, 6) is 0. The number of halogens is 3. The van der Waals surface area contributed by atoms with Crippen LogP contribution in [-0.4, -0.2) is 52.7 Å². The van der Waals surface area contributed by atoms with Gasteiger partial charge in [-0.25, -0.2) is 0 Å². The molecule has 4 aromatic rings. The summed E-state index contributed by atoms with van der Waals surface area (Å²) in [6, 6.07) is 29.4. The predicted molar refractivity (Wildman–Crippen MR) is 293 cm³/mol. The Bertz CT molecular complexity index is 1710. The molecule has 0 saturated carbocycles. The van der Waals surface area contributed by atoms with Gasteiger partial charge in [-0.15, -0.1) is 24.0 Å². The fourth-order valence-corrected chi connectivity index (χ4v) is 16.3. The number of nitrogens with one attached hydrogen (secondary N) is 1. The Morgan fingerprint density at radius 3 is 1.43 bits per heavy atom. The fraction of sp³-hybridized carbons (Fsp3) is 0.667. The Morgan fingerprint density at radius 1 is 0.603 bits per heavy atom. The average molecular weight is 1170 g/mol. The number of aryl methyl sites for hydroxylation is 2. The van der Waals surface area contributed by atoms with Crippen LogP contribution in [0.4, 0.5) is 0 Å². The fourth-order valence-electron chi connectivity index (χ4n) is 9.69. The van der Waals surface area contributed by atoms with Crippen LogP contribution in [0.15, 0.2) is 66.9 Å². The van der Waals surface area contributed by atoms with Crippen molar-refractivity contribution < 1.29 is 4.53 Å². The Hall–Kier alpha value is 0.0238. The smallest absolute Gasteiger partial charge is 0.220 e. The zero-order valence-electron chi connectivity index (χ0n) is 39.8. The lowest BCUT2D eigenvalue weighted by atomic mass is 9.82. The van der Waals surface area contributed by atoms with E-state index in [4.69, 9.17) is 4.53 Å². The molecule has 0 bridgehead atoms. The molecule has 0 amide bonds. The van der Waals surface area contributed by atoms with Crippen LogP contribution in [0.5, 0.6) is 0 Å². The third-order valence-electron chi connectivity index (χ3n) is 13.5. The van der Waals surface area contributed by atoms with E-state index in [9.17, 15) is 0 Å². The van der Waals surface area contributed by atoms with Gasteiger partial charge in [0, 0.05) is 96.0 Å². The predicted octanol–water partition coefficient (Wildman–Crippen LogP) is 15.7. The maximum absolute atomic E-state index is 6.73. The molecule has 2 aliphatic heterocycles. The number of rotatable bonds is 9. The van der Waals surface area contributed by atoms with Crippen molar-refractivity contribution in [2.24, 2.45) is 14.1 Å². The summed E-state index contributed by atoms with van der Waals surface area (Å²) in [7, 11) is 1.48. The number of hydroxylamine groups is 2. The molecule has 2 aromatic carbocycles. The first kappa shape index (κ1) is 56.0. The van der Waals surface area contributed by atoms with E-state index in [1.54, 1.807) is 5.32 Å². The van der Waals surface area contributed by atoms with Crippen molar-refractivity contribution in [2.45, 2.75) is 194 Å². The minimum atomic E-state index is -1.56. The van der Waals surface area contributed by atoms with E-state index < -0.39 is 16.4 Å². The molecule has 4 heterocycles. The quantitative estimate of drug-likeness (QED) is 0.134. The Kier molecular flexibility index (Phi) is 23.9. The number of hydrogen-bond acceptors (Lipinski definition) is 3. The maximum atomic E-state index is 6.73. The monoisotopic (exact) mass is 1170 g/mol. The molecule has 2 fully saturated rings. The van der Waals surface area contributed by atoms with Crippen LogP contribution < -0.4 is 10.6 Å². The first-order chi connectivity index (χ1) is 26.7. The normalized spacial score (nSPS) is 18.2. The van der Waals surface area contributed by atoms with Crippen LogP contribution in [0.1, 0.15) is 135 Å². The molecule has 0 aliphatic carbocycles. The van der Waals surface area contributed by atoms with Gasteiger partial charge in [0.05, 0.1) is 0 Å². The van der Waals surface area contributed by atoms with E-state index in [1.807, 2.05) is 0 Å². The van der Waals surface area contributed by atoms with Crippen LogP contribution in [-0.2, 0) is 18.6 Å². The van der Waals surface area contributed by atoms with Gasteiger partial charge in [0.25, 0.3) is 0 Å². The Labute approximate surface area is 399 Å². The largest absolute Gasteiger partial charge is 0.352 e. The summed E-state index contributed by atoms with van der Waals surface area (Å²) in [6.07, 6.45) is 9.89. The zero-order valence-corrected chi connectivity index (χ0v) is 48.4. The number of hydrogen-bond donors (Lipinski definition) is 1. The number of benzene rings is 2. The van der Waals surface area contributed by atoms with E-state index in [2.05, 4.69) is 235 Å². The minimum Gasteiger partial charge on any atom is -0.352 e. The summed E-state index contributed by atoms with van der Waals surface area (Å²) in [6.45, 7) is 32.5. The van der Waals surface area contributed by atoms with Gasteiger partial charge >= 0.3 is 0 Å². The minimum absolute atomic E-state index is 0. The molecular formula is C48H85I3N4OSi2. The second-order valence-electron chi connectivity index (χ2n) is 19.3. The number of para-hydroxylation sites is 2. The Balaban J connectivity index is 0.000000390. The van der Waals surface area contributed by atoms with E-state index in [0.717, 1.165) is 0 Å². The van der Waals surface area contributed by atoms with Gasteiger partial charge in [0.1, 0.15) is 8.07 Å². The third kappa shape index (κ3) is 15.1. The van der Waals surface area contributed by atoms with Crippen molar-refractivity contribution in [2.75, 3.05) is 0 Å². The molecule has 2 aliphatic rings. The molecular weight excluding hydrogens is 1090 g/mol. The highest BCUT2D eigenvalue weighted by Crippen LogP contribution is 2.41. The van der Waals surface area contributed by atoms with Crippen LogP contribution in [0, 0.1) is 0 Å². The third-order valence-corrected chi connectivity index (χ3v) is 23.6. The first-order valence-electron chi connectivity index (χ1n) is 22.2. The van der Waals surface area contributed by atoms with Gasteiger partial charge in [-0.2, -0.15) is 5.06 Å². The van der Waals surface area contributed by atoms with E-state index in [0.29, 0.717) is 11.1 Å². The molecule has 0 unspecified atom stereocenters. The van der Waals surface area contributed by atoms with Crippen LogP contribution in [0.3, 0.4) is 0 Å². The molecule has 1 N–H and O–H groups in total. The van der Waals surface area contributed by atoms with Crippen LogP contribution in [0.2, 0.25) is 36.3 Å². The van der Waals surface area contributed by atoms with Crippen molar-refractivity contribution in [3.05, 3.63) is 66.9 Å². The lowest BCUT2D eigenvalue weighted by molar-refractivity contribution is -0.226. The Morgan fingerprint density at radius 2 is 1.03 bits per heavy atom. The van der Waals surface area contributed by atoms with Crippen molar-refractivity contribution in [3.8, 4) is 0 Å². The summed E-state index contributed by atoms with van der Waals surface area (Å²) in [4.78, 5) is 0. The van der Waals surface area contributed by atoms with Crippen LogP contribution >= 0.6 is 61.2 Å². The van der Waals surface area contributed by atoms with Gasteiger partial charge in [-0.3, -0.25) is 0 Å². The lowest BCUT2D eigenvalue weighted by Gasteiger charge is -2.54. The molecule has 332 valence electrons. The van der Waals surface area contributed by atoms with Crippen molar-refractivity contribution in [1.82, 2.24) is 19.5 Å².